The lowest BCUT2D eigenvalue weighted by atomic mass is 10.0. The molecule has 0 aliphatic rings. The fourth-order valence-electron chi connectivity index (χ4n) is 2.55. The number of hydrogen-bond donors (Lipinski definition) is 0. The number of benzene rings is 3. The quantitative estimate of drug-likeness (QED) is 0.422. The molecule has 4 rings (SSSR count). The van der Waals surface area contributed by atoms with Gasteiger partial charge in [-0.25, -0.2) is 0 Å². The molecule has 3 aromatic carbocycles. The van der Waals surface area contributed by atoms with Crippen molar-refractivity contribution in [2.75, 3.05) is 0 Å². The number of halogens is 2. The minimum Gasteiger partial charge on any atom is -0.416 e. The molecule has 1 heterocycles. The van der Waals surface area contributed by atoms with Crippen molar-refractivity contribution in [2.45, 2.75) is 0 Å². The van der Waals surface area contributed by atoms with Crippen LogP contribution in [0.25, 0.3) is 34.0 Å². The Morgan fingerprint density at radius 1 is 0.640 bits per heavy atom. The van der Waals surface area contributed by atoms with Crippen molar-refractivity contribution in [3.8, 4) is 34.0 Å². The predicted octanol–water partition coefficient (Wildman–Crippen LogP) is 6.38. The second kappa shape index (κ2) is 6.71. The van der Waals surface area contributed by atoms with E-state index in [1.165, 1.54) is 0 Å². The van der Waals surface area contributed by atoms with Crippen LogP contribution in [0.4, 0.5) is 0 Å². The van der Waals surface area contributed by atoms with Crippen LogP contribution in [0.5, 0.6) is 0 Å². The van der Waals surface area contributed by atoms with Gasteiger partial charge in [0.05, 0.1) is 10.6 Å². The molecule has 1 aromatic heterocycles. The molecule has 25 heavy (non-hydrogen) atoms. The van der Waals surface area contributed by atoms with Crippen LogP contribution >= 0.6 is 23.2 Å². The lowest BCUT2D eigenvalue weighted by molar-refractivity contribution is 0.584. The highest BCUT2D eigenvalue weighted by molar-refractivity contribution is 6.36. The first-order valence-corrected chi connectivity index (χ1v) is 8.41. The molecule has 0 spiro atoms. The number of hydrogen-bond acceptors (Lipinski definition) is 3. The van der Waals surface area contributed by atoms with Gasteiger partial charge in [0.25, 0.3) is 0 Å². The summed E-state index contributed by atoms with van der Waals surface area (Å²) in [6, 6.07) is 23.3. The van der Waals surface area contributed by atoms with Crippen LogP contribution in [0.15, 0.2) is 77.2 Å². The van der Waals surface area contributed by atoms with Gasteiger partial charge < -0.3 is 4.42 Å². The minimum absolute atomic E-state index is 0.365. The average Bonchev–Trinajstić information content (AvgIpc) is 3.12. The third-order valence-corrected chi connectivity index (χ3v) is 4.37. The van der Waals surface area contributed by atoms with E-state index in [0.29, 0.717) is 27.4 Å². The monoisotopic (exact) mass is 366 g/mol. The Bertz CT molecular complexity index is 1010. The van der Waals surface area contributed by atoms with Crippen LogP contribution in [-0.4, -0.2) is 10.2 Å². The summed E-state index contributed by atoms with van der Waals surface area (Å²) in [6.07, 6.45) is 0. The summed E-state index contributed by atoms with van der Waals surface area (Å²) in [7, 11) is 0. The van der Waals surface area contributed by atoms with Crippen molar-refractivity contribution in [1.82, 2.24) is 10.2 Å². The molecule has 3 nitrogen and oxygen atoms in total. The molecule has 0 aliphatic carbocycles. The fraction of sp³-hybridized carbons (Fsp3) is 0. The van der Waals surface area contributed by atoms with Gasteiger partial charge in [-0.1, -0.05) is 65.7 Å². The summed E-state index contributed by atoms with van der Waals surface area (Å²) < 4.78 is 5.77. The molecule has 122 valence electrons. The zero-order valence-corrected chi connectivity index (χ0v) is 14.5. The standard InChI is InChI=1S/C20H12Cl2N2O/c21-16-10-11-17(18(22)12-16)20-24-23-19(25-20)15-8-6-14(7-9-15)13-4-2-1-3-5-13/h1-12H. The molecular formula is C20H12Cl2N2O. The van der Waals surface area contributed by atoms with E-state index in [4.69, 9.17) is 27.6 Å². The van der Waals surface area contributed by atoms with Crippen LogP contribution < -0.4 is 0 Å². The van der Waals surface area contributed by atoms with Gasteiger partial charge in [0.15, 0.2) is 0 Å². The van der Waals surface area contributed by atoms with Crippen LogP contribution in [0, 0.1) is 0 Å². The van der Waals surface area contributed by atoms with Crippen LogP contribution in [0.2, 0.25) is 10.0 Å². The maximum Gasteiger partial charge on any atom is 0.249 e. The Labute approximate surface area is 154 Å². The second-order valence-electron chi connectivity index (χ2n) is 5.48. The number of rotatable bonds is 3. The van der Waals surface area contributed by atoms with E-state index >= 15 is 0 Å². The van der Waals surface area contributed by atoms with Gasteiger partial charge in [0.1, 0.15) is 0 Å². The first kappa shape index (κ1) is 15.9. The van der Waals surface area contributed by atoms with E-state index < -0.39 is 0 Å². The molecule has 0 amide bonds. The van der Waals surface area contributed by atoms with Gasteiger partial charge in [-0.05, 0) is 41.5 Å². The van der Waals surface area contributed by atoms with Gasteiger partial charge in [-0.2, -0.15) is 0 Å². The van der Waals surface area contributed by atoms with Gasteiger partial charge in [-0.15, -0.1) is 10.2 Å². The fourth-order valence-corrected chi connectivity index (χ4v) is 3.04. The van der Waals surface area contributed by atoms with E-state index in [-0.39, 0.29) is 0 Å². The van der Waals surface area contributed by atoms with E-state index in [1.54, 1.807) is 18.2 Å². The van der Waals surface area contributed by atoms with Crippen LogP contribution in [0.3, 0.4) is 0 Å². The van der Waals surface area contributed by atoms with E-state index in [1.807, 2.05) is 42.5 Å². The highest BCUT2D eigenvalue weighted by Gasteiger charge is 2.13. The SMILES string of the molecule is Clc1ccc(-c2nnc(-c3ccc(-c4ccccc4)cc3)o2)c(Cl)c1. The molecule has 0 unspecified atom stereocenters. The first-order chi connectivity index (χ1) is 12.2. The Morgan fingerprint density at radius 3 is 2.00 bits per heavy atom. The maximum absolute atomic E-state index is 6.20. The molecule has 0 saturated carbocycles. The van der Waals surface area contributed by atoms with Gasteiger partial charge in [0.2, 0.25) is 11.8 Å². The Balaban J connectivity index is 1.64. The molecule has 5 heteroatoms. The smallest absolute Gasteiger partial charge is 0.249 e. The Hall–Kier alpha value is -2.62. The molecule has 0 saturated heterocycles. The van der Waals surface area contributed by atoms with E-state index in [9.17, 15) is 0 Å². The van der Waals surface area contributed by atoms with Crippen molar-refractivity contribution >= 4 is 23.2 Å². The molecule has 0 aliphatic heterocycles. The van der Waals surface area contributed by atoms with Crippen molar-refractivity contribution in [3.05, 3.63) is 82.8 Å². The van der Waals surface area contributed by atoms with Crippen molar-refractivity contribution in [2.24, 2.45) is 0 Å². The minimum atomic E-state index is 0.365. The molecule has 0 N–H and O–H groups in total. The molecular weight excluding hydrogens is 355 g/mol. The summed E-state index contributed by atoms with van der Waals surface area (Å²) in [6.45, 7) is 0. The van der Waals surface area contributed by atoms with Gasteiger partial charge in [0, 0.05) is 10.6 Å². The summed E-state index contributed by atoms with van der Waals surface area (Å²) in [5.41, 5.74) is 3.80. The van der Waals surface area contributed by atoms with Crippen LogP contribution in [-0.2, 0) is 0 Å². The normalized spacial score (nSPS) is 10.8. The molecule has 0 atom stereocenters. The molecule has 0 radical (unpaired) electrons. The van der Waals surface area contributed by atoms with Crippen molar-refractivity contribution < 1.29 is 4.42 Å². The number of aromatic nitrogens is 2. The summed E-state index contributed by atoms with van der Waals surface area (Å²) >= 11 is 12.1. The first-order valence-electron chi connectivity index (χ1n) is 7.65. The summed E-state index contributed by atoms with van der Waals surface area (Å²) in [5, 5.41) is 9.24. The molecule has 0 bridgehead atoms. The second-order valence-corrected chi connectivity index (χ2v) is 6.32. The van der Waals surface area contributed by atoms with Crippen LogP contribution in [0.1, 0.15) is 0 Å². The molecule has 0 fully saturated rings. The largest absolute Gasteiger partial charge is 0.416 e. The lowest BCUT2D eigenvalue weighted by Crippen LogP contribution is -1.80. The van der Waals surface area contributed by atoms with E-state index in [0.717, 1.165) is 16.7 Å². The van der Waals surface area contributed by atoms with E-state index in [2.05, 4.69) is 22.3 Å². The van der Waals surface area contributed by atoms with Crippen molar-refractivity contribution in [1.29, 1.82) is 0 Å². The predicted molar refractivity (Wildman–Crippen MR) is 101 cm³/mol. The number of nitrogens with zero attached hydrogens (tertiary/aromatic N) is 2. The van der Waals surface area contributed by atoms with Crippen molar-refractivity contribution in [3.63, 3.8) is 0 Å². The molecule has 4 aromatic rings. The zero-order valence-electron chi connectivity index (χ0n) is 13.0. The third-order valence-electron chi connectivity index (χ3n) is 3.83. The lowest BCUT2D eigenvalue weighted by Gasteiger charge is -2.02. The Kier molecular flexibility index (Phi) is 4.26. The Morgan fingerprint density at radius 2 is 1.28 bits per heavy atom. The highest BCUT2D eigenvalue weighted by Crippen LogP contribution is 2.31. The average molecular weight is 367 g/mol. The summed E-state index contributed by atoms with van der Waals surface area (Å²) in [4.78, 5) is 0. The highest BCUT2D eigenvalue weighted by atomic mass is 35.5. The van der Waals surface area contributed by atoms with Gasteiger partial charge in [-0.3, -0.25) is 0 Å². The topological polar surface area (TPSA) is 38.9 Å². The zero-order chi connectivity index (χ0) is 17.2. The maximum atomic E-state index is 6.20. The summed E-state index contributed by atoms with van der Waals surface area (Å²) in [5.74, 6) is 0.810. The third kappa shape index (κ3) is 3.29. The van der Waals surface area contributed by atoms with Gasteiger partial charge >= 0.3 is 0 Å².